The average Bonchev–Trinajstić information content (AvgIpc) is 2.68. The molecule has 0 aromatic heterocycles. The first-order chi connectivity index (χ1) is 13.0. The number of amides is 1. The van der Waals surface area contributed by atoms with E-state index >= 15 is 0 Å². The molecule has 0 fully saturated rings. The van der Waals surface area contributed by atoms with Crippen molar-refractivity contribution in [2.75, 3.05) is 0 Å². The van der Waals surface area contributed by atoms with Crippen molar-refractivity contribution in [2.45, 2.75) is 24.8 Å². The Morgan fingerprint density at radius 1 is 0.778 bits per heavy atom. The second kappa shape index (κ2) is 8.18. The fraction of sp³-hybridized carbons (Fsp3) is 0.136. The van der Waals surface area contributed by atoms with Crippen molar-refractivity contribution < 1.29 is 13.2 Å². The van der Waals surface area contributed by atoms with Crippen LogP contribution in [0.25, 0.3) is 0 Å². The van der Waals surface area contributed by atoms with E-state index in [9.17, 15) is 13.2 Å². The Balaban J connectivity index is 1.96. The number of carbonyl (C=O) groups is 1. The van der Waals surface area contributed by atoms with Gasteiger partial charge in [0.1, 0.15) is 0 Å². The zero-order valence-corrected chi connectivity index (χ0v) is 15.9. The summed E-state index contributed by atoms with van der Waals surface area (Å²) in [7, 11) is -3.95. The molecule has 0 radical (unpaired) electrons. The van der Waals surface area contributed by atoms with E-state index in [0.717, 1.165) is 21.0 Å². The number of aryl methyl sites for hydroxylation is 1. The van der Waals surface area contributed by atoms with Gasteiger partial charge in [-0.1, -0.05) is 78.4 Å². The van der Waals surface area contributed by atoms with Crippen molar-refractivity contribution in [1.29, 1.82) is 0 Å². The lowest BCUT2D eigenvalue weighted by atomic mass is 10.1. The van der Waals surface area contributed by atoms with Gasteiger partial charge in [-0.3, -0.25) is 4.79 Å². The predicted octanol–water partition coefficient (Wildman–Crippen LogP) is 3.96. The Bertz CT molecular complexity index is 998. The van der Waals surface area contributed by atoms with Crippen LogP contribution in [0.5, 0.6) is 0 Å². The lowest BCUT2D eigenvalue weighted by molar-refractivity contribution is -0.126. The molecule has 0 aliphatic carbocycles. The highest BCUT2D eigenvalue weighted by Crippen LogP contribution is 2.20. The van der Waals surface area contributed by atoms with E-state index in [1.807, 2.05) is 67.6 Å². The summed E-state index contributed by atoms with van der Waals surface area (Å²) in [6.07, 6.45) is 0.0266. The van der Waals surface area contributed by atoms with Gasteiger partial charge in [-0.25, -0.2) is 12.7 Å². The molecule has 0 spiro atoms. The lowest BCUT2D eigenvalue weighted by Crippen LogP contribution is -2.37. The van der Waals surface area contributed by atoms with Crippen LogP contribution in [0.15, 0.2) is 89.8 Å². The molecule has 0 unspecified atom stereocenters. The predicted molar refractivity (Wildman–Crippen MR) is 106 cm³/mol. The van der Waals surface area contributed by atoms with Crippen molar-refractivity contribution in [3.63, 3.8) is 0 Å². The second-order valence-electron chi connectivity index (χ2n) is 6.37. The Labute approximate surface area is 160 Å². The van der Waals surface area contributed by atoms with E-state index in [4.69, 9.17) is 0 Å². The van der Waals surface area contributed by atoms with Crippen LogP contribution in [0.3, 0.4) is 0 Å². The summed E-state index contributed by atoms with van der Waals surface area (Å²) in [6.45, 7) is 1.89. The molecule has 0 bridgehead atoms. The quantitative estimate of drug-likeness (QED) is 0.651. The first-order valence-electron chi connectivity index (χ1n) is 8.67. The minimum Gasteiger partial charge on any atom is -0.273 e. The van der Waals surface area contributed by atoms with Crippen molar-refractivity contribution in [2.24, 2.45) is 0 Å². The molecular weight excluding hydrogens is 358 g/mol. The fourth-order valence-electron chi connectivity index (χ4n) is 2.75. The molecule has 3 rings (SSSR count). The summed E-state index contributed by atoms with van der Waals surface area (Å²) in [4.78, 5) is 13.1. The third-order valence-electron chi connectivity index (χ3n) is 4.25. The number of nitrogens with zero attached hydrogens (tertiary/aromatic N) is 1. The van der Waals surface area contributed by atoms with E-state index in [2.05, 4.69) is 0 Å². The maximum absolute atomic E-state index is 13.2. The molecule has 0 saturated heterocycles. The number of hydrogen-bond donors (Lipinski definition) is 0. The van der Waals surface area contributed by atoms with Crippen LogP contribution in [-0.2, 0) is 27.8 Å². The zero-order chi connectivity index (χ0) is 19.3. The standard InChI is InChI=1S/C22H21NO3S/c1-18-12-14-21(15-13-18)27(25,26)23(17-20-10-6-3-7-11-20)22(24)16-19-8-4-2-5-9-19/h2-15H,16-17H2,1H3. The van der Waals surface area contributed by atoms with E-state index < -0.39 is 15.9 Å². The highest BCUT2D eigenvalue weighted by atomic mass is 32.2. The number of carbonyl (C=O) groups excluding carboxylic acids is 1. The van der Waals surface area contributed by atoms with Gasteiger partial charge < -0.3 is 0 Å². The van der Waals surface area contributed by atoms with Crippen LogP contribution in [0.1, 0.15) is 16.7 Å². The van der Waals surface area contributed by atoms with Crippen LogP contribution >= 0.6 is 0 Å². The highest BCUT2D eigenvalue weighted by molar-refractivity contribution is 7.89. The third-order valence-corrected chi connectivity index (χ3v) is 6.04. The molecule has 0 aliphatic heterocycles. The molecule has 4 nitrogen and oxygen atoms in total. The van der Waals surface area contributed by atoms with Gasteiger partial charge in [0.15, 0.2) is 0 Å². The minimum atomic E-state index is -3.95. The van der Waals surface area contributed by atoms with E-state index in [-0.39, 0.29) is 17.9 Å². The summed E-state index contributed by atoms with van der Waals surface area (Å²) in [5, 5.41) is 0. The summed E-state index contributed by atoms with van der Waals surface area (Å²) in [6, 6.07) is 24.8. The van der Waals surface area contributed by atoms with Gasteiger partial charge in [-0.05, 0) is 30.2 Å². The first-order valence-corrected chi connectivity index (χ1v) is 10.1. The van der Waals surface area contributed by atoms with Gasteiger partial charge in [0, 0.05) is 0 Å². The number of benzene rings is 3. The average molecular weight is 379 g/mol. The fourth-order valence-corrected chi connectivity index (χ4v) is 4.14. The minimum absolute atomic E-state index is 0.00270. The molecule has 3 aromatic carbocycles. The smallest absolute Gasteiger partial charge is 0.266 e. The number of hydrogen-bond acceptors (Lipinski definition) is 3. The maximum Gasteiger partial charge on any atom is 0.266 e. The first kappa shape index (κ1) is 18.9. The molecular formula is C22H21NO3S. The lowest BCUT2D eigenvalue weighted by Gasteiger charge is -2.23. The topological polar surface area (TPSA) is 54.5 Å². The Hall–Kier alpha value is -2.92. The molecule has 1 amide bonds. The SMILES string of the molecule is Cc1ccc(S(=O)(=O)N(Cc2ccccc2)C(=O)Cc2ccccc2)cc1. The van der Waals surface area contributed by atoms with Crippen LogP contribution < -0.4 is 0 Å². The second-order valence-corrected chi connectivity index (χ2v) is 8.23. The molecule has 0 saturated carbocycles. The molecule has 138 valence electrons. The monoisotopic (exact) mass is 379 g/mol. The van der Waals surface area contributed by atoms with Crippen molar-refractivity contribution in [3.05, 3.63) is 102 Å². The van der Waals surface area contributed by atoms with Gasteiger partial charge >= 0.3 is 0 Å². The van der Waals surface area contributed by atoms with Crippen molar-refractivity contribution in [3.8, 4) is 0 Å². The van der Waals surface area contributed by atoms with E-state index in [0.29, 0.717) is 0 Å². The Morgan fingerprint density at radius 2 is 1.30 bits per heavy atom. The summed E-state index contributed by atoms with van der Waals surface area (Å²) in [5.41, 5.74) is 2.49. The van der Waals surface area contributed by atoms with Gasteiger partial charge in [0.25, 0.3) is 10.0 Å². The molecule has 0 aliphatic rings. The van der Waals surface area contributed by atoms with Gasteiger partial charge in [0.05, 0.1) is 17.9 Å². The third kappa shape index (κ3) is 4.63. The van der Waals surface area contributed by atoms with Gasteiger partial charge in [0.2, 0.25) is 5.91 Å². The molecule has 0 heterocycles. The molecule has 0 N–H and O–H groups in total. The Kier molecular flexibility index (Phi) is 5.72. The van der Waals surface area contributed by atoms with Gasteiger partial charge in [-0.15, -0.1) is 0 Å². The van der Waals surface area contributed by atoms with Crippen LogP contribution in [0, 0.1) is 6.92 Å². The molecule has 0 atom stereocenters. The molecule has 3 aromatic rings. The Morgan fingerprint density at radius 3 is 1.85 bits per heavy atom. The number of rotatable bonds is 6. The molecule has 5 heteroatoms. The summed E-state index contributed by atoms with van der Waals surface area (Å²) in [5.74, 6) is -0.453. The molecule has 27 heavy (non-hydrogen) atoms. The van der Waals surface area contributed by atoms with Crippen LogP contribution in [0.2, 0.25) is 0 Å². The zero-order valence-electron chi connectivity index (χ0n) is 15.1. The van der Waals surface area contributed by atoms with Gasteiger partial charge in [-0.2, -0.15) is 0 Å². The van der Waals surface area contributed by atoms with E-state index in [1.165, 1.54) is 0 Å². The van der Waals surface area contributed by atoms with Crippen molar-refractivity contribution in [1.82, 2.24) is 4.31 Å². The largest absolute Gasteiger partial charge is 0.273 e. The maximum atomic E-state index is 13.2. The van der Waals surface area contributed by atoms with Crippen LogP contribution in [-0.4, -0.2) is 18.6 Å². The normalized spacial score (nSPS) is 11.1. The van der Waals surface area contributed by atoms with Crippen LogP contribution in [0.4, 0.5) is 0 Å². The van der Waals surface area contributed by atoms with Crippen molar-refractivity contribution >= 4 is 15.9 Å². The summed E-state index contributed by atoms with van der Waals surface area (Å²) >= 11 is 0. The highest BCUT2D eigenvalue weighted by Gasteiger charge is 2.29. The number of sulfonamides is 1. The summed E-state index contributed by atoms with van der Waals surface area (Å²) < 4.78 is 27.3. The van der Waals surface area contributed by atoms with E-state index in [1.54, 1.807) is 24.3 Å².